The molecule has 1 aromatic heterocycles. The highest BCUT2D eigenvalue weighted by molar-refractivity contribution is 5.69. The second-order valence-electron chi connectivity index (χ2n) is 7.43. The molecule has 3 nitrogen and oxygen atoms in total. The largest absolute Gasteiger partial charge is 0.481 e. The Kier molecular flexibility index (Phi) is 6.51. The van der Waals surface area contributed by atoms with Crippen LogP contribution in [0.15, 0.2) is 48.8 Å². The van der Waals surface area contributed by atoms with Crippen LogP contribution in [0.1, 0.15) is 56.7 Å². The van der Waals surface area contributed by atoms with E-state index in [4.69, 9.17) is 5.11 Å². The van der Waals surface area contributed by atoms with E-state index >= 15 is 0 Å². The molecule has 0 saturated carbocycles. The molecule has 0 aliphatic carbocycles. The van der Waals surface area contributed by atoms with Crippen LogP contribution in [0.3, 0.4) is 0 Å². The lowest BCUT2D eigenvalue weighted by atomic mass is 9.87. The summed E-state index contributed by atoms with van der Waals surface area (Å²) in [6.07, 6.45) is 10.2. The van der Waals surface area contributed by atoms with Gasteiger partial charge in [-0.25, -0.2) is 4.57 Å². The first-order valence-corrected chi connectivity index (χ1v) is 8.84. The predicted molar refractivity (Wildman–Crippen MR) is 102 cm³/mol. The third kappa shape index (κ3) is 6.54. The molecule has 0 atom stereocenters. The Balaban J connectivity index is 1.90. The number of aromatic nitrogens is 1. The van der Waals surface area contributed by atoms with Gasteiger partial charge >= 0.3 is 5.97 Å². The van der Waals surface area contributed by atoms with E-state index in [1.807, 2.05) is 12.4 Å². The lowest BCUT2D eigenvalue weighted by molar-refractivity contribution is -0.697. The van der Waals surface area contributed by atoms with Crippen LogP contribution in [0.2, 0.25) is 0 Å². The van der Waals surface area contributed by atoms with Crippen molar-refractivity contribution >= 4 is 18.1 Å². The highest BCUT2D eigenvalue weighted by Crippen LogP contribution is 2.22. The topological polar surface area (TPSA) is 41.2 Å². The van der Waals surface area contributed by atoms with Gasteiger partial charge in [-0.15, -0.1) is 0 Å². The third-order valence-corrected chi connectivity index (χ3v) is 4.22. The number of carbonyl (C=O) groups is 1. The van der Waals surface area contributed by atoms with Crippen molar-refractivity contribution < 1.29 is 14.5 Å². The van der Waals surface area contributed by atoms with Crippen molar-refractivity contribution in [2.45, 2.75) is 52.0 Å². The summed E-state index contributed by atoms with van der Waals surface area (Å²) in [4.78, 5) is 10.5. The summed E-state index contributed by atoms with van der Waals surface area (Å²) in [5, 5.41) is 8.64. The summed E-state index contributed by atoms with van der Waals surface area (Å²) in [7, 11) is 0. The number of hydrogen-bond acceptors (Lipinski definition) is 1. The smallest absolute Gasteiger partial charge is 0.303 e. The van der Waals surface area contributed by atoms with Gasteiger partial charge in [0.05, 0.1) is 0 Å². The molecule has 0 aliphatic rings. The highest BCUT2D eigenvalue weighted by atomic mass is 16.4. The summed E-state index contributed by atoms with van der Waals surface area (Å²) < 4.78 is 2.09. The molecule has 0 radical (unpaired) electrons. The molecule has 3 heteroatoms. The van der Waals surface area contributed by atoms with Crippen LogP contribution in [0.4, 0.5) is 0 Å². The van der Waals surface area contributed by atoms with Crippen LogP contribution in [-0.2, 0) is 16.8 Å². The molecule has 25 heavy (non-hydrogen) atoms. The van der Waals surface area contributed by atoms with Gasteiger partial charge in [0.25, 0.3) is 0 Å². The zero-order chi connectivity index (χ0) is 18.3. The Bertz CT molecular complexity index is 707. The number of aryl methyl sites for hydroxylation is 1. The van der Waals surface area contributed by atoms with Crippen LogP contribution < -0.4 is 4.57 Å². The minimum atomic E-state index is -0.721. The number of hydrogen-bond donors (Lipinski definition) is 1. The van der Waals surface area contributed by atoms with Crippen LogP contribution in [0.25, 0.3) is 12.2 Å². The van der Waals surface area contributed by atoms with Crippen molar-refractivity contribution in [3.8, 4) is 0 Å². The molecule has 1 aromatic carbocycles. The van der Waals surface area contributed by atoms with Gasteiger partial charge in [-0.1, -0.05) is 57.2 Å². The van der Waals surface area contributed by atoms with Gasteiger partial charge in [0.15, 0.2) is 12.4 Å². The van der Waals surface area contributed by atoms with Gasteiger partial charge in [-0.3, -0.25) is 4.79 Å². The number of pyridine rings is 1. The predicted octanol–water partition coefficient (Wildman–Crippen LogP) is 4.70. The maximum Gasteiger partial charge on any atom is 0.303 e. The lowest BCUT2D eigenvalue weighted by Crippen LogP contribution is -2.32. The summed E-state index contributed by atoms with van der Waals surface area (Å²) in [5.74, 6) is -0.721. The Morgan fingerprint density at radius 2 is 1.52 bits per heavy atom. The standard InChI is InChI=1S/C22H27NO2/c1-22(2,3)20-11-9-18(10-12-20)7-8-19-13-16-23(17-14-19)15-5-4-6-21(24)25/h7-14,16-17H,4-6,15H2,1-3H3/p+1/b8-7-. The van der Waals surface area contributed by atoms with Crippen LogP contribution in [0.5, 0.6) is 0 Å². The van der Waals surface area contributed by atoms with Gasteiger partial charge in [-0.05, 0) is 28.5 Å². The first-order valence-electron chi connectivity index (χ1n) is 8.84. The number of benzene rings is 1. The van der Waals surface area contributed by atoms with Gasteiger partial charge < -0.3 is 5.11 Å². The molecule has 0 fully saturated rings. The zero-order valence-electron chi connectivity index (χ0n) is 15.4. The highest BCUT2D eigenvalue weighted by Gasteiger charge is 2.12. The normalized spacial score (nSPS) is 11.8. The number of aliphatic carboxylic acids is 1. The van der Waals surface area contributed by atoms with E-state index in [9.17, 15) is 4.79 Å². The molecule has 0 amide bonds. The van der Waals surface area contributed by atoms with E-state index in [2.05, 4.69) is 73.9 Å². The van der Waals surface area contributed by atoms with Gasteiger partial charge in [0, 0.05) is 25.0 Å². The Labute approximate surface area is 150 Å². The van der Waals surface area contributed by atoms with E-state index in [-0.39, 0.29) is 11.8 Å². The van der Waals surface area contributed by atoms with Gasteiger partial charge in [0.2, 0.25) is 0 Å². The maximum atomic E-state index is 10.5. The fourth-order valence-electron chi connectivity index (χ4n) is 2.59. The zero-order valence-corrected chi connectivity index (χ0v) is 15.4. The Hall–Kier alpha value is -2.42. The Morgan fingerprint density at radius 3 is 2.04 bits per heavy atom. The molecule has 0 saturated heterocycles. The van der Waals surface area contributed by atoms with Crippen molar-refractivity contribution in [1.29, 1.82) is 0 Å². The SMILES string of the molecule is CC(C)(C)c1ccc(/C=C\c2cc[n+](CCCCC(=O)O)cc2)cc1. The fourth-order valence-corrected chi connectivity index (χ4v) is 2.59. The average Bonchev–Trinajstić information content (AvgIpc) is 2.57. The summed E-state index contributed by atoms with van der Waals surface area (Å²) in [6, 6.07) is 12.9. The third-order valence-electron chi connectivity index (χ3n) is 4.22. The van der Waals surface area contributed by atoms with E-state index < -0.39 is 5.97 Å². The van der Waals surface area contributed by atoms with Crippen molar-refractivity contribution in [3.63, 3.8) is 0 Å². The lowest BCUT2D eigenvalue weighted by Gasteiger charge is -2.18. The van der Waals surface area contributed by atoms with E-state index in [1.54, 1.807) is 0 Å². The molecule has 0 unspecified atom stereocenters. The molecule has 0 aliphatic heterocycles. The second-order valence-corrected chi connectivity index (χ2v) is 7.43. The summed E-state index contributed by atoms with van der Waals surface area (Å²) in [6.45, 7) is 7.52. The second kappa shape index (κ2) is 8.61. The van der Waals surface area contributed by atoms with Crippen LogP contribution >= 0.6 is 0 Å². The average molecular weight is 338 g/mol. The quantitative estimate of drug-likeness (QED) is 0.587. The molecule has 1 heterocycles. The molecule has 0 bridgehead atoms. The van der Waals surface area contributed by atoms with Crippen molar-refractivity contribution in [1.82, 2.24) is 0 Å². The molecule has 132 valence electrons. The fraction of sp³-hybridized carbons (Fsp3) is 0.364. The van der Waals surface area contributed by atoms with Crippen molar-refractivity contribution in [3.05, 3.63) is 65.5 Å². The summed E-state index contributed by atoms with van der Waals surface area (Å²) >= 11 is 0. The van der Waals surface area contributed by atoms with Crippen molar-refractivity contribution in [2.24, 2.45) is 0 Å². The van der Waals surface area contributed by atoms with Crippen LogP contribution in [0, 0.1) is 0 Å². The van der Waals surface area contributed by atoms with E-state index in [1.165, 1.54) is 11.1 Å². The molecule has 2 rings (SSSR count). The number of rotatable bonds is 7. The number of carboxylic acid groups (broad SMARTS) is 1. The molecule has 1 N–H and O–H groups in total. The summed E-state index contributed by atoms with van der Waals surface area (Å²) in [5.41, 5.74) is 3.87. The maximum absolute atomic E-state index is 10.5. The molecule has 2 aromatic rings. The Morgan fingerprint density at radius 1 is 0.960 bits per heavy atom. The minimum absolute atomic E-state index is 0.180. The van der Waals surface area contributed by atoms with Gasteiger partial charge in [0.1, 0.15) is 6.54 Å². The molecular weight excluding hydrogens is 310 g/mol. The monoisotopic (exact) mass is 338 g/mol. The van der Waals surface area contributed by atoms with E-state index in [0.717, 1.165) is 18.5 Å². The van der Waals surface area contributed by atoms with Crippen molar-refractivity contribution in [2.75, 3.05) is 0 Å². The van der Waals surface area contributed by atoms with Gasteiger partial charge in [-0.2, -0.15) is 0 Å². The molecular formula is C22H28NO2+. The first kappa shape index (κ1) is 18.9. The number of nitrogens with zero attached hydrogens (tertiary/aromatic N) is 1. The van der Waals surface area contributed by atoms with E-state index in [0.29, 0.717) is 6.42 Å². The van der Waals surface area contributed by atoms with Crippen LogP contribution in [-0.4, -0.2) is 11.1 Å². The number of unbranched alkanes of at least 4 members (excludes halogenated alkanes) is 1. The first-order chi connectivity index (χ1) is 11.8. The number of carboxylic acids is 1. The minimum Gasteiger partial charge on any atom is -0.481 e. The molecule has 0 spiro atoms.